The van der Waals surface area contributed by atoms with Crippen molar-refractivity contribution in [3.63, 3.8) is 0 Å². The van der Waals surface area contributed by atoms with Gasteiger partial charge in [0.2, 0.25) is 0 Å². The van der Waals surface area contributed by atoms with Gasteiger partial charge in [0.05, 0.1) is 13.2 Å². The molecule has 24 heavy (non-hydrogen) atoms. The van der Waals surface area contributed by atoms with E-state index >= 15 is 0 Å². The van der Waals surface area contributed by atoms with E-state index in [9.17, 15) is 40.9 Å². The molecule has 0 saturated carbocycles. The summed E-state index contributed by atoms with van der Waals surface area (Å²) < 4.78 is 9.50. The Balaban J connectivity index is 2.54. The minimum Gasteiger partial charge on any atom is -0.394 e. The number of hydrogen-bond donors (Lipinski definition) is 10. The summed E-state index contributed by atoms with van der Waals surface area (Å²) in [7, 11) is 0. The van der Waals surface area contributed by atoms with Crippen molar-refractivity contribution in [2.45, 2.75) is 61.4 Å². The monoisotopic (exact) mass is 360 g/mol. The Hall–Kier alpha value is -0.480. The second-order valence-electron chi connectivity index (χ2n) is 5.48. The molecule has 2 unspecified atom stereocenters. The minimum absolute atomic E-state index is 0.661. The van der Waals surface area contributed by atoms with Gasteiger partial charge < -0.3 is 60.5 Å². The fourth-order valence-corrected chi connectivity index (χ4v) is 2.07. The normalized spacial score (nSPS) is 37.5. The Morgan fingerprint density at radius 3 is 1.92 bits per heavy atom. The van der Waals surface area contributed by atoms with Crippen LogP contribution in [-0.4, -0.2) is 126 Å². The molecule has 12 heteroatoms. The van der Waals surface area contributed by atoms with Crippen LogP contribution in [0, 0.1) is 0 Å². The van der Waals surface area contributed by atoms with E-state index < -0.39 is 74.6 Å². The number of aliphatic hydroxyl groups excluding tert-OH is 10. The summed E-state index contributed by atoms with van der Waals surface area (Å²) in [6.45, 7) is -1.56. The highest BCUT2D eigenvalue weighted by Gasteiger charge is 2.43. The van der Waals surface area contributed by atoms with Crippen LogP contribution in [0.3, 0.4) is 0 Å². The third-order valence-corrected chi connectivity index (χ3v) is 3.69. The van der Waals surface area contributed by atoms with Gasteiger partial charge in [0.1, 0.15) is 48.8 Å². The molecule has 0 aromatic rings. The van der Waals surface area contributed by atoms with Crippen LogP contribution in [-0.2, 0) is 9.47 Å². The lowest BCUT2D eigenvalue weighted by Crippen LogP contribution is -2.59. The smallest absolute Gasteiger partial charge is 0.184 e. The molecule has 1 fully saturated rings. The van der Waals surface area contributed by atoms with Gasteiger partial charge in [0.25, 0.3) is 0 Å². The summed E-state index contributed by atoms with van der Waals surface area (Å²) in [5.41, 5.74) is 0. The van der Waals surface area contributed by atoms with E-state index in [1.165, 1.54) is 0 Å². The highest BCUT2D eigenvalue weighted by Crippen LogP contribution is 2.20. The maximum Gasteiger partial charge on any atom is 0.184 e. The van der Waals surface area contributed by atoms with Gasteiger partial charge in [-0.15, -0.1) is 0 Å². The van der Waals surface area contributed by atoms with Crippen LogP contribution >= 0.6 is 0 Å². The lowest BCUT2D eigenvalue weighted by molar-refractivity contribution is -0.300. The standard InChI is InChI=1S/C12H24O12/c13-1-3(14)5(15)7(17)9(19)11(21)23-2-4-6(16)8(18)10(20)12(22)24-4/h3-22H,1-2H2/t3-,4+,5-,6+,7+,8-,9-,10+,11?,12?/m0/s1. The van der Waals surface area contributed by atoms with Gasteiger partial charge in [-0.3, -0.25) is 0 Å². The van der Waals surface area contributed by atoms with E-state index in [1.807, 2.05) is 0 Å². The summed E-state index contributed by atoms with van der Waals surface area (Å²) in [5, 5.41) is 93.7. The molecule has 12 nitrogen and oxygen atoms in total. The lowest BCUT2D eigenvalue weighted by atomic mass is 9.99. The summed E-state index contributed by atoms with van der Waals surface area (Å²) >= 11 is 0. The van der Waals surface area contributed by atoms with E-state index in [0.717, 1.165) is 0 Å². The largest absolute Gasteiger partial charge is 0.394 e. The Morgan fingerprint density at radius 1 is 0.792 bits per heavy atom. The van der Waals surface area contributed by atoms with Crippen LogP contribution in [0.1, 0.15) is 0 Å². The molecule has 0 aliphatic carbocycles. The van der Waals surface area contributed by atoms with E-state index in [2.05, 4.69) is 0 Å². The SMILES string of the molecule is OC[C@H](O)[C@H](O)[C@@H](O)[C@H](O)C(O)OC[C@H]1OC(O)[C@H](O)[C@@H](O)[C@@H]1O. The Kier molecular flexibility index (Phi) is 8.34. The Labute approximate surface area is 136 Å². The second kappa shape index (κ2) is 9.28. The van der Waals surface area contributed by atoms with Gasteiger partial charge in [-0.05, 0) is 0 Å². The van der Waals surface area contributed by atoms with Gasteiger partial charge in [-0.1, -0.05) is 0 Å². The number of hydrogen-bond acceptors (Lipinski definition) is 12. The van der Waals surface area contributed by atoms with Gasteiger partial charge in [0.15, 0.2) is 12.6 Å². The first-order valence-corrected chi connectivity index (χ1v) is 7.12. The third-order valence-electron chi connectivity index (χ3n) is 3.69. The average molecular weight is 360 g/mol. The van der Waals surface area contributed by atoms with Gasteiger partial charge in [0, 0.05) is 0 Å². The third kappa shape index (κ3) is 5.01. The first-order valence-electron chi connectivity index (χ1n) is 7.12. The van der Waals surface area contributed by atoms with Crippen LogP contribution in [0.5, 0.6) is 0 Å². The predicted molar refractivity (Wildman–Crippen MR) is 72.0 cm³/mol. The van der Waals surface area contributed by atoms with Crippen LogP contribution in [0.2, 0.25) is 0 Å². The molecule has 0 spiro atoms. The van der Waals surface area contributed by atoms with Crippen molar-refractivity contribution in [2.75, 3.05) is 13.2 Å². The molecule has 1 aliphatic rings. The summed E-state index contributed by atoms with van der Waals surface area (Å²) in [6.07, 6.45) is -18.3. The molecule has 1 rings (SSSR count). The molecule has 0 amide bonds. The highest BCUT2D eigenvalue weighted by atomic mass is 16.7. The Bertz CT molecular complexity index is 370. The maximum absolute atomic E-state index is 9.66. The summed E-state index contributed by atoms with van der Waals surface area (Å²) in [6, 6.07) is 0. The highest BCUT2D eigenvalue weighted by molar-refractivity contribution is 4.89. The molecule has 1 aliphatic heterocycles. The van der Waals surface area contributed by atoms with Crippen molar-refractivity contribution in [2.24, 2.45) is 0 Å². The van der Waals surface area contributed by atoms with Crippen molar-refractivity contribution in [1.29, 1.82) is 0 Å². The van der Waals surface area contributed by atoms with Gasteiger partial charge in [-0.2, -0.15) is 0 Å². The van der Waals surface area contributed by atoms with Crippen molar-refractivity contribution < 1.29 is 60.5 Å². The molecule has 0 radical (unpaired) electrons. The molecular formula is C12H24O12. The molecule has 144 valence electrons. The summed E-state index contributed by atoms with van der Waals surface area (Å²) in [5.74, 6) is 0. The zero-order chi connectivity index (χ0) is 18.6. The number of rotatable bonds is 8. The lowest BCUT2D eigenvalue weighted by Gasteiger charge is -2.38. The molecule has 1 saturated heterocycles. The Morgan fingerprint density at radius 2 is 1.38 bits per heavy atom. The first-order chi connectivity index (χ1) is 11.1. The topological polar surface area (TPSA) is 221 Å². The van der Waals surface area contributed by atoms with Crippen molar-refractivity contribution in [3.05, 3.63) is 0 Å². The van der Waals surface area contributed by atoms with Gasteiger partial charge >= 0.3 is 0 Å². The van der Waals surface area contributed by atoms with Gasteiger partial charge in [-0.25, -0.2) is 0 Å². The fraction of sp³-hybridized carbons (Fsp3) is 1.00. The quantitative estimate of drug-likeness (QED) is 0.183. The van der Waals surface area contributed by atoms with Crippen molar-refractivity contribution in [1.82, 2.24) is 0 Å². The molecule has 0 aromatic carbocycles. The number of ether oxygens (including phenoxy) is 2. The van der Waals surface area contributed by atoms with Crippen LogP contribution in [0.4, 0.5) is 0 Å². The minimum atomic E-state index is -2.10. The van der Waals surface area contributed by atoms with Crippen molar-refractivity contribution in [3.8, 4) is 0 Å². The second-order valence-corrected chi connectivity index (χ2v) is 5.48. The summed E-state index contributed by atoms with van der Waals surface area (Å²) in [4.78, 5) is 0. The molecular weight excluding hydrogens is 336 g/mol. The van der Waals surface area contributed by atoms with Crippen LogP contribution in [0.25, 0.3) is 0 Å². The zero-order valence-corrected chi connectivity index (χ0v) is 12.5. The zero-order valence-electron chi connectivity index (χ0n) is 12.5. The molecule has 0 bridgehead atoms. The van der Waals surface area contributed by atoms with E-state index in [-0.39, 0.29) is 0 Å². The maximum atomic E-state index is 9.66. The first kappa shape index (κ1) is 21.6. The number of aliphatic hydroxyl groups is 10. The predicted octanol–water partition coefficient (Wildman–Crippen LogP) is -6.44. The average Bonchev–Trinajstić information content (AvgIpc) is 2.58. The molecule has 0 aromatic heterocycles. The van der Waals surface area contributed by atoms with Crippen LogP contribution in [0.15, 0.2) is 0 Å². The van der Waals surface area contributed by atoms with E-state index in [0.29, 0.717) is 0 Å². The van der Waals surface area contributed by atoms with E-state index in [1.54, 1.807) is 0 Å². The molecule has 1 heterocycles. The van der Waals surface area contributed by atoms with E-state index in [4.69, 9.17) is 19.7 Å². The molecule has 10 atom stereocenters. The fourth-order valence-electron chi connectivity index (χ4n) is 2.07. The van der Waals surface area contributed by atoms with Crippen LogP contribution < -0.4 is 0 Å². The molecule has 10 N–H and O–H groups in total. The van der Waals surface area contributed by atoms with Crippen molar-refractivity contribution >= 4 is 0 Å².